The molecular weight excluding hydrogens is 1300 g/mol. The van der Waals surface area contributed by atoms with Crippen molar-refractivity contribution in [2.75, 3.05) is 0 Å². The third-order valence-electron chi connectivity index (χ3n) is 23.2. The molecule has 0 saturated heterocycles. The lowest BCUT2D eigenvalue weighted by Crippen LogP contribution is -2.14. The van der Waals surface area contributed by atoms with Crippen molar-refractivity contribution in [2.45, 2.75) is 32.6 Å². The van der Waals surface area contributed by atoms with Gasteiger partial charge in [0.15, 0.2) is 5.58 Å². The Morgan fingerprint density at radius 1 is 0.355 bits per heavy atom. The van der Waals surface area contributed by atoms with Gasteiger partial charge in [-0.15, -0.1) is 0 Å². The van der Waals surface area contributed by atoms with Crippen LogP contribution in [0.15, 0.2) is 336 Å². The Hall–Kier alpha value is -13.4. The second-order valence-electron chi connectivity index (χ2n) is 29.7. The Morgan fingerprint density at radius 2 is 0.916 bits per heavy atom. The van der Waals surface area contributed by atoms with Crippen molar-refractivity contribution in [1.29, 1.82) is 0 Å². The number of aryl methyl sites for hydroxylation is 1. The predicted octanol–water partition coefficient (Wildman–Crippen LogP) is 27.8. The van der Waals surface area contributed by atoms with Crippen LogP contribution in [0.1, 0.15) is 42.9 Å². The summed E-state index contributed by atoms with van der Waals surface area (Å²) in [6.07, 6.45) is 18.3. The highest BCUT2D eigenvalue weighted by atomic mass is 16.3. The Morgan fingerprint density at radius 3 is 1.71 bits per heavy atom. The van der Waals surface area contributed by atoms with Gasteiger partial charge in [0.2, 0.25) is 5.89 Å². The topological polar surface area (TPSA) is 65.0 Å². The molecule has 22 rings (SSSR count). The molecule has 0 fully saturated rings. The van der Waals surface area contributed by atoms with Gasteiger partial charge in [-0.2, -0.15) is 0 Å². The van der Waals surface area contributed by atoms with Crippen LogP contribution in [0.4, 0.5) is 0 Å². The average molecular weight is 1370 g/mol. The highest BCUT2D eigenvalue weighted by molar-refractivity contribution is 6.25. The van der Waals surface area contributed by atoms with Gasteiger partial charge in [0.25, 0.3) is 0 Å². The number of aromatic nitrogens is 3. The molecule has 19 aromatic rings. The summed E-state index contributed by atoms with van der Waals surface area (Å²) in [6, 6.07) is 107. The van der Waals surface area contributed by atoms with Crippen molar-refractivity contribution < 1.29 is 8.83 Å². The zero-order chi connectivity index (χ0) is 70.4. The maximum absolute atomic E-state index is 6.96. The van der Waals surface area contributed by atoms with E-state index in [1.165, 1.54) is 54.8 Å². The number of benzene rings is 15. The molecule has 2 unspecified atom stereocenters. The zero-order valence-electron chi connectivity index (χ0n) is 58.8. The fourth-order valence-electron chi connectivity index (χ4n) is 17.7. The van der Waals surface area contributed by atoms with Crippen LogP contribution in [0.5, 0.6) is 0 Å². The van der Waals surface area contributed by atoms with Crippen molar-refractivity contribution >= 4 is 120 Å². The number of furan rings is 1. The van der Waals surface area contributed by atoms with E-state index in [0.717, 1.165) is 191 Å². The van der Waals surface area contributed by atoms with Crippen LogP contribution in [0.25, 0.3) is 210 Å². The maximum Gasteiger partial charge on any atom is 0.227 e. The number of fused-ring (bicyclic) bond motifs is 17. The Kier molecular flexibility index (Phi) is 13.9. The van der Waals surface area contributed by atoms with Gasteiger partial charge in [0.1, 0.15) is 16.9 Å². The summed E-state index contributed by atoms with van der Waals surface area (Å²) in [6.45, 7) is 2.35. The highest BCUT2D eigenvalue weighted by Gasteiger charge is 2.27. The van der Waals surface area contributed by atoms with Crippen LogP contribution in [-0.2, 0) is 6.42 Å². The van der Waals surface area contributed by atoms with Crippen LogP contribution < -0.4 is 0 Å². The monoisotopic (exact) mass is 1370 g/mol. The van der Waals surface area contributed by atoms with E-state index in [9.17, 15) is 0 Å². The molecule has 0 saturated carbocycles. The van der Waals surface area contributed by atoms with E-state index in [1.807, 2.05) is 24.3 Å². The van der Waals surface area contributed by atoms with Gasteiger partial charge in [-0.3, -0.25) is 0 Å². The van der Waals surface area contributed by atoms with E-state index in [4.69, 9.17) is 23.8 Å². The second kappa shape index (κ2) is 24.4. The quantitative estimate of drug-likeness (QED) is 0.135. The molecule has 2 atom stereocenters. The normalized spacial score (nSPS) is 15.0. The first kappa shape index (κ1) is 61.2. The molecule has 5 nitrogen and oxygen atoms in total. The minimum atomic E-state index is 0.444. The molecule has 4 aromatic heterocycles. The summed E-state index contributed by atoms with van der Waals surface area (Å²) >= 11 is 0. The number of para-hydroxylation sites is 2. The molecule has 0 aliphatic heterocycles. The van der Waals surface area contributed by atoms with Crippen LogP contribution in [0, 0.1) is 11.8 Å². The minimum Gasteiger partial charge on any atom is -0.455 e. The molecule has 4 heterocycles. The summed E-state index contributed by atoms with van der Waals surface area (Å²) in [5.74, 6) is 2.42. The number of hydrogen-bond donors (Lipinski definition) is 0. The lowest BCUT2D eigenvalue weighted by molar-refractivity contribution is 0.485. The SMILES string of the molecule is CC1C=CC2=CC=C(c3cc(-c4ccc5ccccc5c4)nc4c3cc(-c3ccc(-c5cc6c7ccccc7c7ccccc7c6o5)cc3)c3cc(-c5ccc6ccc(-c7cc(-c8ccc9c(c8)C=CCC9)nc8c7cc(-c7ccc(-c9nc%10ccccc%10o9)cc7)c7ccccc78)cc6c5)ccc34)CC2C1. The lowest BCUT2D eigenvalue weighted by Gasteiger charge is -2.29. The molecule has 5 heteroatoms. The molecule has 0 amide bonds. The number of oxazole rings is 1. The number of nitrogens with zero attached hydrogens (tertiary/aromatic N) is 3. The summed E-state index contributed by atoms with van der Waals surface area (Å²) in [5, 5.41) is 17.3. The molecule has 15 aromatic carbocycles. The van der Waals surface area contributed by atoms with E-state index >= 15 is 0 Å². The second-order valence-corrected chi connectivity index (χ2v) is 29.7. The van der Waals surface area contributed by atoms with Gasteiger partial charge < -0.3 is 8.83 Å². The van der Waals surface area contributed by atoms with Gasteiger partial charge in [0.05, 0.1) is 22.4 Å². The molecule has 0 radical (unpaired) electrons. The van der Waals surface area contributed by atoms with Crippen molar-refractivity contribution in [2.24, 2.45) is 11.8 Å². The minimum absolute atomic E-state index is 0.444. The average Bonchev–Trinajstić information content (AvgIpc) is 1.65. The smallest absolute Gasteiger partial charge is 0.227 e. The largest absolute Gasteiger partial charge is 0.455 e. The summed E-state index contributed by atoms with van der Waals surface area (Å²) in [4.78, 5) is 16.3. The van der Waals surface area contributed by atoms with Crippen LogP contribution in [-0.4, -0.2) is 15.0 Å². The third kappa shape index (κ3) is 10.3. The first-order valence-corrected chi connectivity index (χ1v) is 37.5. The molecular formula is C102H67N3O2. The fourth-order valence-corrected chi connectivity index (χ4v) is 17.7. The van der Waals surface area contributed by atoms with E-state index in [1.54, 1.807) is 0 Å². The molecule has 3 aliphatic carbocycles. The summed E-state index contributed by atoms with van der Waals surface area (Å²) in [5.41, 5.74) is 26.2. The first-order valence-electron chi connectivity index (χ1n) is 37.5. The van der Waals surface area contributed by atoms with Crippen LogP contribution in [0.2, 0.25) is 0 Å². The third-order valence-corrected chi connectivity index (χ3v) is 23.2. The van der Waals surface area contributed by atoms with Crippen LogP contribution in [0.3, 0.4) is 0 Å². The number of hydrogen-bond acceptors (Lipinski definition) is 5. The molecule has 0 bridgehead atoms. The van der Waals surface area contributed by atoms with E-state index in [0.29, 0.717) is 17.7 Å². The Balaban J connectivity index is 0.718. The lowest BCUT2D eigenvalue weighted by atomic mass is 9.75. The van der Waals surface area contributed by atoms with E-state index in [2.05, 4.69) is 310 Å². The molecule has 0 N–H and O–H groups in total. The Labute approximate surface area is 618 Å². The highest BCUT2D eigenvalue weighted by Crippen LogP contribution is 2.48. The molecule has 0 spiro atoms. The van der Waals surface area contributed by atoms with E-state index < -0.39 is 0 Å². The van der Waals surface area contributed by atoms with Crippen molar-refractivity contribution in [3.8, 4) is 89.8 Å². The molecule has 107 heavy (non-hydrogen) atoms. The van der Waals surface area contributed by atoms with Gasteiger partial charge >= 0.3 is 0 Å². The van der Waals surface area contributed by atoms with E-state index in [-0.39, 0.29) is 0 Å². The number of rotatable bonds is 9. The molecule has 502 valence electrons. The zero-order valence-corrected chi connectivity index (χ0v) is 58.8. The maximum atomic E-state index is 6.96. The Bertz CT molecular complexity index is 7030. The van der Waals surface area contributed by atoms with Crippen molar-refractivity contribution in [3.05, 3.63) is 344 Å². The van der Waals surface area contributed by atoms with Crippen molar-refractivity contribution in [1.82, 2.24) is 15.0 Å². The predicted molar refractivity (Wildman–Crippen MR) is 447 cm³/mol. The van der Waals surface area contributed by atoms with Gasteiger partial charge in [-0.05, 0) is 243 Å². The summed E-state index contributed by atoms with van der Waals surface area (Å²) in [7, 11) is 0. The van der Waals surface area contributed by atoms with Crippen molar-refractivity contribution in [3.63, 3.8) is 0 Å². The van der Waals surface area contributed by atoms with Crippen LogP contribution >= 0.6 is 0 Å². The molecule has 3 aliphatic rings. The number of pyridine rings is 2. The first-order chi connectivity index (χ1) is 52.8. The van der Waals surface area contributed by atoms with Gasteiger partial charge in [0, 0.05) is 54.6 Å². The fraction of sp³-hybridized carbons (Fsp3) is 0.0686. The standard InChI is InChI=1S/C102H67N3O2/c1-60-26-27-63-29-42-73(52-77(63)48-60)88-57-96(76-45-32-62-15-3-5-17-70(62)50-76)104-100-84-47-46-72(54-90(84)87(56-92(88)100)66-33-37-67(38-34-66)98-59-93-81-20-7-6-18-79(81)80-19-9-11-23-85(80)101(93)106-98)71-41-28-64-30-43-74(53-78(64)51-71)89-58-95(75-44-31-61-14-2-4-16-69(61)49-75)103-99-83-22-10-8-21-82(83)86(55-91(89)99)65-35-39-68(40-36-65)102-105-94-24-12-13-25-97(94)107-102/h3-13,15-47,49-51,53-60,77H,2,14,48,52H2,1H3. The van der Waals surface area contributed by atoms with Gasteiger partial charge in [-0.1, -0.05) is 250 Å². The summed E-state index contributed by atoms with van der Waals surface area (Å²) < 4.78 is 13.2. The van der Waals surface area contributed by atoms with Gasteiger partial charge in [-0.25, -0.2) is 15.0 Å². The number of allylic oxidation sites excluding steroid dienone is 7.